The molecule has 2 aliphatic rings. The van der Waals surface area contributed by atoms with Gasteiger partial charge < -0.3 is 24.4 Å². The van der Waals surface area contributed by atoms with Crippen LogP contribution in [0.15, 0.2) is 42.5 Å². The van der Waals surface area contributed by atoms with Gasteiger partial charge in [-0.25, -0.2) is 0 Å². The molecular formula is C22H27N3O4. The second kappa shape index (κ2) is 9.05. The molecule has 0 atom stereocenters. The van der Waals surface area contributed by atoms with E-state index in [1.165, 1.54) is 5.69 Å². The predicted octanol–water partition coefficient (Wildman–Crippen LogP) is 2.62. The Balaban J connectivity index is 1.27. The summed E-state index contributed by atoms with van der Waals surface area (Å²) in [6, 6.07) is 13.6. The molecule has 2 aromatic carbocycles. The van der Waals surface area contributed by atoms with E-state index in [1.54, 1.807) is 7.11 Å². The molecule has 2 aliphatic heterocycles. The van der Waals surface area contributed by atoms with E-state index in [-0.39, 0.29) is 5.91 Å². The summed E-state index contributed by atoms with van der Waals surface area (Å²) in [5.41, 5.74) is 1.92. The number of rotatable bonds is 5. The third kappa shape index (κ3) is 4.92. The third-order valence-corrected chi connectivity index (χ3v) is 5.21. The quantitative estimate of drug-likeness (QED) is 0.837. The number of carbonyl (C=O) groups excluding carboxylic acids is 1. The van der Waals surface area contributed by atoms with Gasteiger partial charge in [0, 0.05) is 50.0 Å². The molecule has 1 amide bonds. The van der Waals surface area contributed by atoms with Gasteiger partial charge in [0.1, 0.15) is 5.75 Å². The Kier molecular flexibility index (Phi) is 6.05. The minimum absolute atomic E-state index is 0.0163. The van der Waals surface area contributed by atoms with Crippen LogP contribution in [0, 0.1) is 0 Å². The fourth-order valence-electron chi connectivity index (χ4n) is 3.60. The Hall–Kier alpha value is -2.93. The normalized spacial score (nSPS) is 16.8. The van der Waals surface area contributed by atoms with Gasteiger partial charge >= 0.3 is 0 Å². The number of hydrogen-bond acceptors (Lipinski definition) is 6. The maximum Gasteiger partial charge on any atom is 0.238 e. The molecule has 0 saturated carbocycles. The summed E-state index contributed by atoms with van der Waals surface area (Å²) in [5, 5.41) is 2.97. The van der Waals surface area contributed by atoms with Crippen LogP contribution in [-0.4, -0.2) is 63.9 Å². The molecule has 29 heavy (non-hydrogen) atoms. The van der Waals surface area contributed by atoms with Gasteiger partial charge in [0.2, 0.25) is 5.91 Å². The average Bonchev–Trinajstić information content (AvgIpc) is 2.99. The van der Waals surface area contributed by atoms with Crippen molar-refractivity contribution in [3.05, 3.63) is 42.5 Å². The number of ether oxygens (including phenoxy) is 3. The number of carbonyl (C=O) groups is 1. The molecule has 7 heteroatoms. The lowest BCUT2D eigenvalue weighted by Crippen LogP contribution is -2.48. The van der Waals surface area contributed by atoms with Crippen LogP contribution in [0.3, 0.4) is 0 Å². The molecule has 0 radical (unpaired) electrons. The van der Waals surface area contributed by atoms with Gasteiger partial charge in [-0.05, 0) is 36.4 Å². The highest BCUT2D eigenvalue weighted by Gasteiger charge is 2.20. The monoisotopic (exact) mass is 397 g/mol. The van der Waals surface area contributed by atoms with Crippen LogP contribution in [0.2, 0.25) is 0 Å². The van der Waals surface area contributed by atoms with E-state index < -0.39 is 0 Å². The molecular weight excluding hydrogens is 370 g/mol. The van der Waals surface area contributed by atoms with E-state index in [9.17, 15) is 4.79 Å². The van der Waals surface area contributed by atoms with Crippen molar-refractivity contribution in [2.45, 2.75) is 6.42 Å². The predicted molar refractivity (Wildman–Crippen MR) is 112 cm³/mol. The fourth-order valence-corrected chi connectivity index (χ4v) is 3.60. The molecule has 0 unspecified atom stereocenters. The van der Waals surface area contributed by atoms with Crippen molar-refractivity contribution in [1.29, 1.82) is 0 Å². The van der Waals surface area contributed by atoms with Crippen molar-refractivity contribution in [2.75, 3.05) is 63.3 Å². The first-order valence-electron chi connectivity index (χ1n) is 10.0. The van der Waals surface area contributed by atoms with Crippen LogP contribution < -0.4 is 24.4 Å². The summed E-state index contributed by atoms with van der Waals surface area (Å²) in [6.07, 6.45) is 0.860. The zero-order chi connectivity index (χ0) is 20.1. The molecule has 1 saturated heterocycles. The minimum atomic E-state index is -0.0163. The Morgan fingerprint density at radius 1 is 1.00 bits per heavy atom. The van der Waals surface area contributed by atoms with Gasteiger partial charge in [-0.2, -0.15) is 0 Å². The van der Waals surface area contributed by atoms with Crippen LogP contribution in [0.25, 0.3) is 0 Å². The van der Waals surface area contributed by atoms with Crippen LogP contribution >= 0.6 is 0 Å². The van der Waals surface area contributed by atoms with E-state index in [0.717, 1.165) is 49.8 Å². The Morgan fingerprint density at radius 3 is 2.45 bits per heavy atom. The lowest BCUT2D eigenvalue weighted by atomic mass is 10.2. The first-order chi connectivity index (χ1) is 14.2. The second-order valence-electron chi connectivity index (χ2n) is 7.22. The number of amides is 1. The van der Waals surface area contributed by atoms with Gasteiger partial charge in [-0.15, -0.1) is 0 Å². The highest BCUT2D eigenvalue weighted by Crippen LogP contribution is 2.32. The second-order valence-corrected chi connectivity index (χ2v) is 7.22. The van der Waals surface area contributed by atoms with E-state index in [1.807, 2.05) is 30.3 Å². The van der Waals surface area contributed by atoms with Crippen molar-refractivity contribution >= 4 is 17.3 Å². The average molecular weight is 397 g/mol. The zero-order valence-corrected chi connectivity index (χ0v) is 16.7. The van der Waals surface area contributed by atoms with Crippen molar-refractivity contribution in [2.24, 2.45) is 0 Å². The molecule has 0 bridgehead atoms. The molecule has 4 rings (SSSR count). The summed E-state index contributed by atoms with van der Waals surface area (Å²) < 4.78 is 16.5. The standard InChI is InChI=1S/C22H27N3O4/c1-27-19-6-4-18(5-7-19)25-11-9-24(10-12-25)16-22(26)23-17-3-8-20-21(15-17)29-14-2-13-28-20/h3-8,15H,2,9-14,16H2,1H3,(H,23,26). The largest absolute Gasteiger partial charge is 0.497 e. The van der Waals surface area contributed by atoms with Gasteiger partial charge in [0.25, 0.3) is 0 Å². The highest BCUT2D eigenvalue weighted by atomic mass is 16.5. The van der Waals surface area contributed by atoms with Crippen molar-refractivity contribution < 1.29 is 19.0 Å². The van der Waals surface area contributed by atoms with E-state index in [0.29, 0.717) is 25.5 Å². The van der Waals surface area contributed by atoms with Crippen LogP contribution in [-0.2, 0) is 4.79 Å². The number of nitrogens with one attached hydrogen (secondary N) is 1. The summed E-state index contributed by atoms with van der Waals surface area (Å²) >= 11 is 0. The SMILES string of the molecule is COc1ccc(N2CCN(CC(=O)Nc3ccc4c(c3)OCCCO4)CC2)cc1. The Bertz CT molecular complexity index is 832. The minimum Gasteiger partial charge on any atom is -0.497 e. The molecule has 0 spiro atoms. The molecule has 0 aromatic heterocycles. The first-order valence-corrected chi connectivity index (χ1v) is 10.0. The van der Waals surface area contributed by atoms with Crippen molar-refractivity contribution in [1.82, 2.24) is 4.90 Å². The number of benzene rings is 2. The smallest absolute Gasteiger partial charge is 0.238 e. The molecule has 1 N–H and O–H groups in total. The zero-order valence-electron chi connectivity index (χ0n) is 16.7. The van der Waals surface area contributed by atoms with E-state index in [4.69, 9.17) is 14.2 Å². The summed E-state index contributed by atoms with van der Waals surface area (Å²) in [6.45, 7) is 5.14. The number of hydrogen-bond donors (Lipinski definition) is 1. The highest BCUT2D eigenvalue weighted by molar-refractivity contribution is 5.92. The number of anilines is 2. The topological polar surface area (TPSA) is 63.3 Å². The van der Waals surface area contributed by atoms with Gasteiger partial charge in [0.05, 0.1) is 26.9 Å². The number of nitrogens with zero attached hydrogens (tertiary/aromatic N) is 2. The maximum absolute atomic E-state index is 12.5. The van der Waals surface area contributed by atoms with Crippen molar-refractivity contribution in [3.8, 4) is 17.2 Å². The maximum atomic E-state index is 12.5. The van der Waals surface area contributed by atoms with Crippen LogP contribution in [0.4, 0.5) is 11.4 Å². The lowest BCUT2D eigenvalue weighted by Gasteiger charge is -2.35. The van der Waals surface area contributed by atoms with Crippen LogP contribution in [0.5, 0.6) is 17.2 Å². The number of piperazine rings is 1. The molecule has 154 valence electrons. The summed E-state index contributed by atoms with van der Waals surface area (Å²) in [7, 11) is 1.67. The van der Waals surface area contributed by atoms with Gasteiger partial charge in [0.15, 0.2) is 11.5 Å². The van der Waals surface area contributed by atoms with E-state index >= 15 is 0 Å². The van der Waals surface area contributed by atoms with Gasteiger partial charge in [-0.3, -0.25) is 9.69 Å². The molecule has 1 fully saturated rings. The Labute approximate surface area is 171 Å². The van der Waals surface area contributed by atoms with Crippen LogP contribution in [0.1, 0.15) is 6.42 Å². The summed E-state index contributed by atoms with van der Waals surface area (Å²) in [5.74, 6) is 2.26. The molecule has 2 heterocycles. The molecule has 7 nitrogen and oxygen atoms in total. The number of fused-ring (bicyclic) bond motifs is 1. The number of methoxy groups -OCH3 is 1. The summed E-state index contributed by atoms with van der Waals surface area (Å²) in [4.78, 5) is 17.0. The third-order valence-electron chi connectivity index (χ3n) is 5.21. The van der Waals surface area contributed by atoms with Gasteiger partial charge in [-0.1, -0.05) is 0 Å². The Morgan fingerprint density at radius 2 is 1.72 bits per heavy atom. The van der Waals surface area contributed by atoms with E-state index in [2.05, 4.69) is 27.2 Å². The van der Waals surface area contributed by atoms with Crippen molar-refractivity contribution in [3.63, 3.8) is 0 Å². The molecule has 2 aromatic rings. The molecule has 0 aliphatic carbocycles. The fraction of sp³-hybridized carbons (Fsp3) is 0.409. The first kappa shape index (κ1) is 19.4. The lowest BCUT2D eigenvalue weighted by molar-refractivity contribution is -0.117.